The molecule has 3 aromatic heterocycles. The van der Waals surface area contributed by atoms with Crippen LogP contribution >= 0.6 is 0 Å². The van der Waals surface area contributed by atoms with Crippen molar-refractivity contribution in [2.75, 3.05) is 4.90 Å². The zero-order chi connectivity index (χ0) is 23.8. The van der Waals surface area contributed by atoms with E-state index < -0.39 is 0 Å². The SMILES string of the molecule is C=[n+]1ccccc1=C([O-])N1c2n3ccccc3c([O-])[n+]2C2CCCCC21.CC.CC.CC. The lowest BCUT2D eigenvalue weighted by molar-refractivity contribution is -0.736. The van der Waals surface area contributed by atoms with Crippen LogP contribution in [0.3, 0.4) is 0 Å². The van der Waals surface area contributed by atoms with Crippen LogP contribution in [0.1, 0.15) is 73.3 Å². The van der Waals surface area contributed by atoms with Crippen LogP contribution in [0.25, 0.3) is 11.4 Å². The molecule has 0 aromatic carbocycles. The minimum absolute atomic E-state index is 0.0108. The molecular weight excluding hydrogens is 400 g/mol. The number of nitrogens with zero attached hydrogens (tertiary/aromatic N) is 4. The van der Waals surface area contributed by atoms with Crippen LogP contribution in [0.2, 0.25) is 0 Å². The average Bonchev–Trinajstić information content (AvgIpc) is 3.36. The molecule has 174 valence electrons. The van der Waals surface area contributed by atoms with Crippen LogP contribution in [-0.2, 0) is 0 Å². The fourth-order valence-corrected chi connectivity index (χ4v) is 4.53. The molecule has 6 nitrogen and oxygen atoms in total. The quantitative estimate of drug-likeness (QED) is 0.549. The molecule has 2 unspecified atom stereocenters. The number of anilines is 1. The van der Waals surface area contributed by atoms with E-state index >= 15 is 0 Å². The highest BCUT2D eigenvalue weighted by Crippen LogP contribution is 2.41. The van der Waals surface area contributed by atoms with E-state index in [1.807, 2.05) is 91.9 Å². The van der Waals surface area contributed by atoms with Crippen molar-refractivity contribution in [3.05, 3.63) is 60.9 Å². The van der Waals surface area contributed by atoms with Crippen molar-refractivity contribution < 1.29 is 19.0 Å². The molecule has 2 aliphatic rings. The van der Waals surface area contributed by atoms with Crippen LogP contribution in [0.5, 0.6) is 5.88 Å². The van der Waals surface area contributed by atoms with Crippen LogP contribution in [0, 0.1) is 6.72 Å². The number of pyridine rings is 2. The lowest BCUT2D eigenvalue weighted by atomic mass is 9.90. The minimum Gasteiger partial charge on any atom is -0.846 e. The summed E-state index contributed by atoms with van der Waals surface area (Å²) in [6, 6.07) is 11.1. The Kier molecular flexibility index (Phi) is 9.12. The van der Waals surface area contributed by atoms with Crippen LogP contribution in [-0.4, -0.2) is 10.4 Å². The van der Waals surface area contributed by atoms with Gasteiger partial charge in [-0.2, -0.15) is 4.24 Å². The Hall–Kier alpha value is -3.02. The maximum absolute atomic E-state index is 13.5. The van der Waals surface area contributed by atoms with Crippen molar-refractivity contribution in [1.29, 1.82) is 0 Å². The summed E-state index contributed by atoms with van der Waals surface area (Å²) in [5.74, 6) is 0.562. The monoisotopic (exact) mass is 438 g/mol. The van der Waals surface area contributed by atoms with Gasteiger partial charge in [0.1, 0.15) is 30.2 Å². The van der Waals surface area contributed by atoms with E-state index in [-0.39, 0.29) is 23.8 Å². The van der Waals surface area contributed by atoms with Crippen molar-refractivity contribution >= 4 is 17.3 Å². The first-order valence-corrected chi connectivity index (χ1v) is 12.0. The van der Waals surface area contributed by atoms with Gasteiger partial charge in [0.15, 0.2) is 6.20 Å². The van der Waals surface area contributed by atoms with Crippen molar-refractivity contribution in [3.63, 3.8) is 0 Å². The molecule has 1 aliphatic carbocycles. The highest BCUT2D eigenvalue weighted by molar-refractivity contribution is 5.64. The zero-order valence-corrected chi connectivity index (χ0v) is 20.4. The summed E-state index contributed by atoms with van der Waals surface area (Å²) in [6.45, 7) is 15.9. The molecule has 0 saturated heterocycles. The van der Waals surface area contributed by atoms with Gasteiger partial charge in [-0.1, -0.05) is 47.6 Å². The second-order valence-electron chi connectivity index (χ2n) is 7.08. The molecule has 6 heteroatoms. The fourth-order valence-electron chi connectivity index (χ4n) is 4.53. The molecule has 0 bridgehead atoms. The summed E-state index contributed by atoms with van der Waals surface area (Å²) in [4.78, 5) is 1.83. The molecule has 3 aromatic rings. The number of rotatable bonds is 1. The number of aromatic nitrogens is 3. The Morgan fingerprint density at radius 2 is 1.62 bits per heavy atom. The Labute approximate surface area is 192 Å². The second kappa shape index (κ2) is 11.6. The van der Waals surface area contributed by atoms with E-state index in [0.29, 0.717) is 16.8 Å². The highest BCUT2D eigenvalue weighted by atomic mass is 16.3. The van der Waals surface area contributed by atoms with Gasteiger partial charge in [-0.25, -0.2) is 13.9 Å². The molecular formula is C26H38N4O2. The Balaban J connectivity index is 0.000000561. The average molecular weight is 439 g/mol. The van der Waals surface area contributed by atoms with Crippen LogP contribution in [0.4, 0.5) is 5.95 Å². The normalized spacial score (nSPS) is 19.2. The Morgan fingerprint density at radius 1 is 0.969 bits per heavy atom. The molecule has 0 radical (unpaired) electrons. The first-order valence-electron chi connectivity index (χ1n) is 12.0. The van der Waals surface area contributed by atoms with E-state index in [2.05, 4.69) is 6.72 Å². The summed E-state index contributed by atoms with van der Waals surface area (Å²) in [7, 11) is 0. The van der Waals surface area contributed by atoms with E-state index in [1.165, 1.54) is 0 Å². The van der Waals surface area contributed by atoms with Gasteiger partial charge in [0.05, 0.1) is 12.1 Å². The zero-order valence-electron chi connectivity index (χ0n) is 20.4. The van der Waals surface area contributed by atoms with Crippen molar-refractivity contribution in [1.82, 2.24) is 4.40 Å². The summed E-state index contributed by atoms with van der Waals surface area (Å²) in [6.07, 6.45) is 7.63. The number of hydrogen-bond donors (Lipinski definition) is 0. The maximum atomic E-state index is 13.5. The largest absolute Gasteiger partial charge is 0.846 e. The number of fused-ring (bicyclic) bond motifs is 5. The molecule has 0 amide bonds. The summed E-state index contributed by atoms with van der Waals surface area (Å²) in [5.41, 5.74) is 0.611. The van der Waals surface area contributed by atoms with Gasteiger partial charge in [0.25, 0.3) is 0 Å². The van der Waals surface area contributed by atoms with Crippen molar-refractivity contribution in [2.45, 2.75) is 79.3 Å². The van der Waals surface area contributed by atoms with Gasteiger partial charge in [-0.15, -0.1) is 0 Å². The van der Waals surface area contributed by atoms with Gasteiger partial charge < -0.3 is 10.2 Å². The summed E-state index contributed by atoms with van der Waals surface area (Å²) >= 11 is 0. The molecule has 5 rings (SSSR count). The fraction of sp³-hybridized carbons (Fsp3) is 0.462. The lowest BCUT2D eigenvalue weighted by Crippen LogP contribution is -2.48. The molecule has 32 heavy (non-hydrogen) atoms. The topological polar surface area (TPSA) is 63.6 Å². The molecule has 1 aliphatic heterocycles. The molecule has 2 atom stereocenters. The van der Waals surface area contributed by atoms with E-state index in [4.69, 9.17) is 0 Å². The van der Waals surface area contributed by atoms with E-state index in [0.717, 1.165) is 25.7 Å². The molecule has 0 N–H and O–H groups in total. The third-order valence-corrected chi connectivity index (χ3v) is 5.68. The van der Waals surface area contributed by atoms with Gasteiger partial charge in [-0.05, 0) is 43.9 Å². The predicted molar refractivity (Wildman–Crippen MR) is 125 cm³/mol. The smallest absolute Gasteiger partial charge is 0.369 e. The number of imidazole rings is 1. The Morgan fingerprint density at radius 3 is 2.31 bits per heavy atom. The first kappa shape index (κ1) is 25.2. The molecule has 1 fully saturated rings. The highest BCUT2D eigenvalue weighted by Gasteiger charge is 2.49. The van der Waals surface area contributed by atoms with Crippen LogP contribution < -0.4 is 29.3 Å². The summed E-state index contributed by atoms with van der Waals surface area (Å²) in [5, 5.41) is 27.0. The third kappa shape index (κ3) is 4.18. The van der Waals surface area contributed by atoms with Gasteiger partial charge in [0.2, 0.25) is 5.35 Å². The summed E-state index contributed by atoms with van der Waals surface area (Å²) < 4.78 is 5.29. The Bertz CT molecular complexity index is 1120. The molecule has 0 spiro atoms. The van der Waals surface area contributed by atoms with Gasteiger partial charge >= 0.3 is 5.95 Å². The maximum Gasteiger partial charge on any atom is 0.369 e. The van der Waals surface area contributed by atoms with Gasteiger partial charge in [-0.3, -0.25) is 0 Å². The van der Waals surface area contributed by atoms with Crippen LogP contribution in [0.15, 0.2) is 48.8 Å². The van der Waals surface area contributed by atoms with Crippen molar-refractivity contribution in [3.8, 4) is 5.88 Å². The molecule has 4 heterocycles. The van der Waals surface area contributed by atoms with E-state index in [9.17, 15) is 10.2 Å². The van der Waals surface area contributed by atoms with Crippen molar-refractivity contribution in [2.24, 2.45) is 0 Å². The number of hydrogen-bond acceptors (Lipinski definition) is 3. The lowest BCUT2D eigenvalue weighted by Gasteiger charge is -2.30. The standard InChI is InChI=1S/C20H20N4O2.3C2H6/c1-21-12-6-4-10-16(21)18(25)23-14-8-2-3-9-15(14)24-19(26)17-11-5-7-13-22(17)20(23)24;3*1-2/h4-7,10-15H,1-3,8-9H2;3*1-2H3. The second-order valence-corrected chi connectivity index (χ2v) is 7.08. The van der Waals surface area contributed by atoms with E-state index in [1.54, 1.807) is 16.5 Å². The minimum atomic E-state index is -0.105. The first-order chi connectivity index (χ1) is 15.7. The van der Waals surface area contributed by atoms with Gasteiger partial charge in [0, 0.05) is 12.1 Å². The predicted octanol–water partition coefficient (Wildman–Crippen LogP) is 2.74. The third-order valence-electron chi connectivity index (χ3n) is 5.68. The molecule has 1 saturated carbocycles.